The van der Waals surface area contributed by atoms with Crippen LogP contribution in [0, 0.1) is 0 Å². The number of hydrazone groups is 1. The van der Waals surface area contributed by atoms with Crippen molar-refractivity contribution in [1.29, 1.82) is 0 Å². The van der Waals surface area contributed by atoms with E-state index < -0.39 is 0 Å². The third kappa shape index (κ3) is 3.03. The highest BCUT2D eigenvalue weighted by Crippen LogP contribution is 2.19. The predicted molar refractivity (Wildman–Crippen MR) is 97.1 cm³/mol. The molecular formula is C20H15N3O. The fourth-order valence-corrected chi connectivity index (χ4v) is 2.47. The van der Waals surface area contributed by atoms with Crippen LogP contribution in [0.3, 0.4) is 0 Å². The van der Waals surface area contributed by atoms with Crippen LogP contribution < -0.4 is 5.43 Å². The van der Waals surface area contributed by atoms with E-state index in [-0.39, 0.29) is 0 Å². The lowest BCUT2D eigenvalue weighted by molar-refractivity contribution is 0.617. The van der Waals surface area contributed by atoms with Gasteiger partial charge in [-0.15, -0.1) is 0 Å². The van der Waals surface area contributed by atoms with Crippen LogP contribution in [0.2, 0.25) is 0 Å². The Hall–Kier alpha value is -3.40. The molecule has 4 rings (SSSR count). The van der Waals surface area contributed by atoms with Crippen LogP contribution in [-0.2, 0) is 0 Å². The molecule has 3 aromatic carbocycles. The Kier molecular flexibility index (Phi) is 3.78. The molecule has 4 aromatic rings. The maximum atomic E-state index is 5.55. The van der Waals surface area contributed by atoms with Crippen LogP contribution in [0.25, 0.3) is 22.2 Å². The number of para-hydroxylation sites is 2. The number of nitrogens with zero attached hydrogens (tertiary/aromatic N) is 2. The van der Waals surface area contributed by atoms with Gasteiger partial charge >= 0.3 is 6.01 Å². The third-order valence-electron chi connectivity index (χ3n) is 3.69. The van der Waals surface area contributed by atoms with E-state index in [0.29, 0.717) is 6.01 Å². The highest BCUT2D eigenvalue weighted by molar-refractivity contribution is 5.81. The SMILES string of the molecule is C(=N\Nc1nc2ccccc2o1)/c1ccc(-c2ccccc2)cc1. The Labute approximate surface area is 139 Å². The van der Waals surface area contributed by atoms with Crippen LogP contribution in [0.5, 0.6) is 0 Å². The number of aromatic nitrogens is 1. The lowest BCUT2D eigenvalue weighted by Gasteiger charge is -2.01. The zero-order valence-electron chi connectivity index (χ0n) is 12.9. The van der Waals surface area contributed by atoms with Crippen molar-refractivity contribution in [2.45, 2.75) is 0 Å². The van der Waals surface area contributed by atoms with Crippen molar-refractivity contribution in [2.24, 2.45) is 5.10 Å². The summed E-state index contributed by atoms with van der Waals surface area (Å²) in [5.74, 6) is 0. The Morgan fingerprint density at radius 3 is 2.29 bits per heavy atom. The van der Waals surface area contributed by atoms with Crippen molar-refractivity contribution in [3.8, 4) is 11.1 Å². The first kappa shape index (κ1) is 14.2. The molecule has 1 heterocycles. The lowest BCUT2D eigenvalue weighted by atomic mass is 10.0. The van der Waals surface area contributed by atoms with Gasteiger partial charge in [-0.2, -0.15) is 10.1 Å². The molecule has 1 aromatic heterocycles. The summed E-state index contributed by atoms with van der Waals surface area (Å²) in [7, 11) is 0. The Morgan fingerprint density at radius 2 is 1.50 bits per heavy atom. The van der Waals surface area contributed by atoms with E-state index in [1.165, 1.54) is 11.1 Å². The topological polar surface area (TPSA) is 50.4 Å². The maximum Gasteiger partial charge on any atom is 0.316 e. The Bertz CT molecular complexity index is 940. The number of hydrogen-bond donors (Lipinski definition) is 1. The summed E-state index contributed by atoms with van der Waals surface area (Å²) in [6.45, 7) is 0. The molecule has 0 radical (unpaired) electrons. The minimum absolute atomic E-state index is 0.383. The molecule has 0 aliphatic carbocycles. The summed E-state index contributed by atoms with van der Waals surface area (Å²) in [6.07, 6.45) is 1.74. The summed E-state index contributed by atoms with van der Waals surface area (Å²) < 4.78 is 5.55. The highest BCUT2D eigenvalue weighted by Gasteiger charge is 2.02. The lowest BCUT2D eigenvalue weighted by Crippen LogP contribution is -1.90. The maximum absolute atomic E-state index is 5.55. The molecule has 0 atom stereocenters. The average molecular weight is 313 g/mol. The van der Waals surface area contributed by atoms with Gasteiger partial charge in [-0.1, -0.05) is 66.7 Å². The van der Waals surface area contributed by atoms with Crippen molar-refractivity contribution in [2.75, 3.05) is 5.43 Å². The smallest absolute Gasteiger partial charge is 0.316 e. The summed E-state index contributed by atoms with van der Waals surface area (Å²) in [6, 6.07) is 26.5. The van der Waals surface area contributed by atoms with Gasteiger partial charge in [-0.05, 0) is 28.8 Å². The van der Waals surface area contributed by atoms with Gasteiger partial charge in [0.1, 0.15) is 5.52 Å². The van der Waals surface area contributed by atoms with Crippen LogP contribution >= 0.6 is 0 Å². The van der Waals surface area contributed by atoms with E-state index in [4.69, 9.17) is 4.42 Å². The van der Waals surface area contributed by atoms with Crippen molar-refractivity contribution < 1.29 is 4.42 Å². The molecule has 0 saturated carbocycles. The van der Waals surface area contributed by atoms with Crippen molar-refractivity contribution in [3.63, 3.8) is 0 Å². The number of hydrogen-bond acceptors (Lipinski definition) is 4. The molecule has 24 heavy (non-hydrogen) atoms. The molecule has 0 amide bonds. The number of rotatable bonds is 4. The Morgan fingerprint density at radius 1 is 0.792 bits per heavy atom. The van der Waals surface area contributed by atoms with Crippen LogP contribution in [0.15, 0.2) is 88.4 Å². The molecule has 0 spiro atoms. The van der Waals surface area contributed by atoms with E-state index in [1.54, 1.807) is 6.21 Å². The summed E-state index contributed by atoms with van der Waals surface area (Å²) >= 11 is 0. The normalized spacial score (nSPS) is 11.2. The van der Waals surface area contributed by atoms with Gasteiger partial charge in [0, 0.05) is 0 Å². The number of nitrogens with one attached hydrogen (secondary N) is 1. The van der Waals surface area contributed by atoms with Gasteiger partial charge in [-0.3, -0.25) is 0 Å². The fraction of sp³-hybridized carbons (Fsp3) is 0. The summed E-state index contributed by atoms with van der Waals surface area (Å²) in [4.78, 5) is 4.31. The molecule has 0 bridgehead atoms. The molecule has 1 N–H and O–H groups in total. The molecule has 0 saturated heterocycles. The molecule has 4 heteroatoms. The third-order valence-corrected chi connectivity index (χ3v) is 3.69. The highest BCUT2D eigenvalue weighted by atomic mass is 16.4. The molecule has 0 aliphatic heterocycles. The fourth-order valence-electron chi connectivity index (χ4n) is 2.47. The van der Waals surface area contributed by atoms with Gasteiger partial charge in [-0.25, -0.2) is 5.43 Å². The second-order valence-electron chi connectivity index (χ2n) is 5.34. The van der Waals surface area contributed by atoms with E-state index in [9.17, 15) is 0 Å². The molecule has 0 fully saturated rings. The molecule has 116 valence electrons. The second kappa shape index (κ2) is 6.38. The quantitative estimate of drug-likeness (QED) is 0.429. The van der Waals surface area contributed by atoms with E-state index in [0.717, 1.165) is 16.7 Å². The standard InChI is InChI=1S/C20H15N3O/c1-2-6-16(7-3-1)17-12-10-15(11-13-17)14-21-23-20-22-18-8-4-5-9-19(18)24-20/h1-14H,(H,22,23)/b21-14+. The molecule has 0 aliphatic rings. The van der Waals surface area contributed by atoms with Crippen molar-refractivity contribution >= 4 is 23.3 Å². The van der Waals surface area contributed by atoms with Gasteiger partial charge in [0.2, 0.25) is 0 Å². The minimum Gasteiger partial charge on any atom is -0.422 e. The summed E-state index contributed by atoms with van der Waals surface area (Å²) in [5, 5.41) is 4.18. The zero-order chi connectivity index (χ0) is 16.2. The van der Waals surface area contributed by atoms with E-state index >= 15 is 0 Å². The first-order chi connectivity index (χ1) is 11.9. The number of oxazole rings is 1. The average Bonchev–Trinajstić information content (AvgIpc) is 3.06. The van der Waals surface area contributed by atoms with Crippen molar-refractivity contribution in [1.82, 2.24) is 4.98 Å². The van der Waals surface area contributed by atoms with Crippen LogP contribution in [0.4, 0.5) is 6.01 Å². The first-order valence-electron chi connectivity index (χ1n) is 7.69. The van der Waals surface area contributed by atoms with E-state index in [1.807, 2.05) is 54.6 Å². The molecule has 0 unspecified atom stereocenters. The number of fused-ring (bicyclic) bond motifs is 1. The van der Waals surface area contributed by atoms with Gasteiger partial charge in [0.15, 0.2) is 5.58 Å². The number of benzene rings is 3. The molecule has 4 nitrogen and oxygen atoms in total. The number of anilines is 1. The predicted octanol–water partition coefficient (Wildman–Crippen LogP) is 4.94. The largest absolute Gasteiger partial charge is 0.422 e. The second-order valence-corrected chi connectivity index (χ2v) is 5.34. The van der Waals surface area contributed by atoms with Gasteiger partial charge < -0.3 is 4.42 Å². The monoisotopic (exact) mass is 313 g/mol. The summed E-state index contributed by atoms with van der Waals surface area (Å²) in [5.41, 5.74) is 7.74. The van der Waals surface area contributed by atoms with Gasteiger partial charge in [0.05, 0.1) is 6.21 Å². The van der Waals surface area contributed by atoms with Crippen molar-refractivity contribution in [3.05, 3.63) is 84.4 Å². The van der Waals surface area contributed by atoms with Crippen LogP contribution in [0.1, 0.15) is 5.56 Å². The first-order valence-corrected chi connectivity index (χ1v) is 7.69. The zero-order valence-corrected chi connectivity index (χ0v) is 12.9. The van der Waals surface area contributed by atoms with Crippen LogP contribution in [-0.4, -0.2) is 11.2 Å². The Balaban J connectivity index is 1.46. The van der Waals surface area contributed by atoms with E-state index in [2.05, 4.69) is 39.8 Å². The van der Waals surface area contributed by atoms with Gasteiger partial charge in [0.25, 0.3) is 0 Å². The molecular weight excluding hydrogens is 298 g/mol. The minimum atomic E-state index is 0.383.